The van der Waals surface area contributed by atoms with Crippen molar-refractivity contribution in [2.75, 3.05) is 5.73 Å². The van der Waals surface area contributed by atoms with Crippen LogP contribution in [0.3, 0.4) is 0 Å². The number of hydrogen-bond donors (Lipinski definition) is 3. The number of allylic oxidation sites excluding steroid dienone is 1. The predicted molar refractivity (Wildman–Crippen MR) is 81.9 cm³/mol. The van der Waals surface area contributed by atoms with Gasteiger partial charge in [0.25, 0.3) is 0 Å². The number of ether oxygens (including phenoxy) is 1. The number of nitrogens with zero attached hydrogens (tertiary/aromatic N) is 4. The Labute approximate surface area is 127 Å². The van der Waals surface area contributed by atoms with Gasteiger partial charge in [-0.3, -0.25) is 4.57 Å². The fourth-order valence-corrected chi connectivity index (χ4v) is 2.94. The topological polar surface area (TPSA) is 99.1 Å². The fraction of sp³-hybridized carbons (Fsp3) is 0.462. The highest BCUT2D eigenvalue weighted by atomic mass is 32.1. The Kier molecular flexibility index (Phi) is 3.83. The van der Waals surface area contributed by atoms with E-state index in [1.807, 2.05) is 0 Å². The predicted octanol–water partition coefficient (Wildman–Crippen LogP) is 0.931. The largest absolute Gasteiger partial charge is 0.389 e. The fourth-order valence-electron chi connectivity index (χ4n) is 2.54. The minimum atomic E-state index is -0.657. The Morgan fingerprint density at radius 3 is 3.05 bits per heavy atom. The van der Waals surface area contributed by atoms with Crippen molar-refractivity contribution in [3.63, 3.8) is 0 Å². The van der Waals surface area contributed by atoms with E-state index in [0.29, 0.717) is 23.4 Å². The molecule has 2 aromatic rings. The van der Waals surface area contributed by atoms with Gasteiger partial charge in [0.15, 0.2) is 17.7 Å². The number of nitrogen functional groups attached to an aromatic ring is 1. The minimum Gasteiger partial charge on any atom is -0.389 e. The first kappa shape index (κ1) is 14.3. The number of aliphatic hydroxyl groups excluding tert-OH is 1. The van der Waals surface area contributed by atoms with E-state index >= 15 is 0 Å². The third-order valence-corrected chi connectivity index (χ3v) is 4.21. The zero-order chi connectivity index (χ0) is 15.0. The summed E-state index contributed by atoms with van der Waals surface area (Å²) in [6.07, 6.45) is 4.85. The summed E-state index contributed by atoms with van der Waals surface area (Å²) < 4.78 is 7.67. The molecule has 0 aliphatic carbocycles. The van der Waals surface area contributed by atoms with Crippen molar-refractivity contribution >= 4 is 29.6 Å². The summed E-state index contributed by atoms with van der Waals surface area (Å²) >= 11 is 4.48. The lowest BCUT2D eigenvalue weighted by molar-refractivity contribution is -0.0199. The second kappa shape index (κ2) is 5.63. The van der Waals surface area contributed by atoms with Crippen LogP contribution in [-0.2, 0) is 4.74 Å². The Bertz CT molecular complexity index is 661. The van der Waals surface area contributed by atoms with E-state index in [-0.39, 0.29) is 11.4 Å². The molecule has 3 rings (SSSR count). The molecule has 1 aliphatic rings. The molecule has 8 heteroatoms. The molecule has 0 amide bonds. The average molecular weight is 307 g/mol. The molecule has 1 aliphatic heterocycles. The molecule has 21 heavy (non-hydrogen) atoms. The first-order chi connectivity index (χ1) is 10.1. The van der Waals surface area contributed by atoms with E-state index in [4.69, 9.17) is 10.5 Å². The molecule has 1 fully saturated rings. The number of rotatable bonds is 4. The van der Waals surface area contributed by atoms with Crippen LogP contribution in [0.5, 0.6) is 0 Å². The Morgan fingerprint density at radius 2 is 2.29 bits per heavy atom. The lowest BCUT2D eigenvalue weighted by atomic mass is 10.1. The van der Waals surface area contributed by atoms with Crippen LogP contribution in [0.4, 0.5) is 5.82 Å². The van der Waals surface area contributed by atoms with Gasteiger partial charge >= 0.3 is 0 Å². The SMILES string of the molecule is C=CCC[C@H]1O[C@@H](n2cnc3c(N)ncnc32)[C@H](S)[C@@H]1O. The number of fused-ring (bicyclic) bond motifs is 1. The number of aliphatic hydroxyl groups is 1. The molecule has 0 spiro atoms. The molecule has 7 nitrogen and oxygen atoms in total. The van der Waals surface area contributed by atoms with Gasteiger partial charge in [-0.05, 0) is 12.8 Å². The van der Waals surface area contributed by atoms with Crippen molar-refractivity contribution in [2.45, 2.75) is 36.5 Å². The van der Waals surface area contributed by atoms with Gasteiger partial charge in [-0.15, -0.1) is 6.58 Å². The van der Waals surface area contributed by atoms with Crippen LogP contribution in [0.25, 0.3) is 11.2 Å². The molecule has 2 aromatic heterocycles. The van der Waals surface area contributed by atoms with Crippen molar-refractivity contribution < 1.29 is 9.84 Å². The summed E-state index contributed by atoms with van der Waals surface area (Å²) in [5.74, 6) is 0.316. The first-order valence-corrected chi connectivity index (χ1v) is 7.20. The first-order valence-electron chi connectivity index (χ1n) is 6.69. The summed E-state index contributed by atoms with van der Waals surface area (Å²) in [6, 6.07) is 0. The van der Waals surface area contributed by atoms with Gasteiger partial charge in [0, 0.05) is 0 Å². The monoisotopic (exact) mass is 307 g/mol. The van der Waals surface area contributed by atoms with Gasteiger partial charge < -0.3 is 15.6 Å². The molecular formula is C13H17N5O2S. The zero-order valence-electron chi connectivity index (χ0n) is 11.3. The zero-order valence-corrected chi connectivity index (χ0v) is 12.2. The van der Waals surface area contributed by atoms with Gasteiger partial charge in [-0.1, -0.05) is 6.08 Å². The van der Waals surface area contributed by atoms with Crippen LogP contribution < -0.4 is 5.73 Å². The second-order valence-electron chi connectivity index (χ2n) is 5.00. The maximum Gasteiger partial charge on any atom is 0.167 e. The number of imidazole rings is 1. The summed E-state index contributed by atoms with van der Waals surface area (Å²) in [6.45, 7) is 3.68. The Hall–Kier alpha value is -1.64. The van der Waals surface area contributed by atoms with Crippen LogP contribution >= 0.6 is 12.6 Å². The van der Waals surface area contributed by atoms with E-state index in [1.54, 1.807) is 17.0 Å². The maximum atomic E-state index is 10.3. The molecule has 0 unspecified atom stereocenters. The van der Waals surface area contributed by atoms with Crippen molar-refractivity contribution in [1.82, 2.24) is 19.5 Å². The van der Waals surface area contributed by atoms with E-state index < -0.39 is 12.3 Å². The molecule has 4 atom stereocenters. The number of aromatic nitrogens is 4. The standard InChI is InChI=1S/C13H17N5O2S/c1-2-3-4-7-9(19)10(21)13(20-7)18-6-17-8-11(14)15-5-16-12(8)18/h2,5-7,9-10,13,19,21H,1,3-4H2,(H2,14,15,16)/t7-,9-,10-,13-/m1/s1. The number of anilines is 1. The lowest BCUT2D eigenvalue weighted by Crippen LogP contribution is -2.27. The highest BCUT2D eigenvalue weighted by Gasteiger charge is 2.42. The highest BCUT2D eigenvalue weighted by Crippen LogP contribution is 2.36. The summed E-state index contributed by atoms with van der Waals surface area (Å²) in [4.78, 5) is 12.3. The van der Waals surface area contributed by atoms with Gasteiger partial charge in [-0.25, -0.2) is 15.0 Å². The average Bonchev–Trinajstić information content (AvgIpc) is 3.02. The maximum absolute atomic E-state index is 10.3. The van der Waals surface area contributed by atoms with Crippen molar-refractivity contribution in [1.29, 1.82) is 0 Å². The Morgan fingerprint density at radius 1 is 1.48 bits per heavy atom. The van der Waals surface area contributed by atoms with E-state index in [9.17, 15) is 5.11 Å². The van der Waals surface area contributed by atoms with Crippen LogP contribution in [0.15, 0.2) is 25.3 Å². The number of nitrogens with two attached hydrogens (primary N) is 1. The smallest absolute Gasteiger partial charge is 0.167 e. The van der Waals surface area contributed by atoms with Crippen molar-refractivity contribution in [3.8, 4) is 0 Å². The minimum absolute atomic E-state index is 0.285. The van der Waals surface area contributed by atoms with Crippen molar-refractivity contribution in [3.05, 3.63) is 25.3 Å². The van der Waals surface area contributed by atoms with Gasteiger partial charge in [0.05, 0.1) is 23.8 Å². The Balaban J connectivity index is 1.92. The van der Waals surface area contributed by atoms with Gasteiger partial charge in [0.2, 0.25) is 0 Å². The van der Waals surface area contributed by atoms with Gasteiger partial charge in [-0.2, -0.15) is 12.6 Å². The lowest BCUT2D eigenvalue weighted by Gasteiger charge is -2.16. The molecule has 0 radical (unpaired) electrons. The van der Waals surface area contributed by atoms with E-state index in [0.717, 1.165) is 6.42 Å². The normalized spacial score (nSPS) is 29.0. The van der Waals surface area contributed by atoms with E-state index in [2.05, 4.69) is 34.2 Å². The van der Waals surface area contributed by atoms with Gasteiger partial charge in [0.1, 0.15) is 11.8 Å². The molecule has 3 heterocycles. The van der Waals surface area contributed by atoms with Crippen LogP contribution in [0.1, 0.15) is 19.1 Å². The molecule has 1 saturated heterocycles. The third-order valence-electron chi connectivity index (χ3n) is 3.65. The summed E-state index contributed by atoms with van der Waals surface area (Å²) in [7, 11) is 0. The van der Waals surface area contributed by atoms with E-state index in [1.165, 1.54) is 6.33 Å². The number of hydrogen-bond acceptors (Lipinski definition) is 7. The summed E-state index contributed by atoms with van der Waals surface area (Å²) in [5, 5.41) is 9.89. The highest BCUT2D eigenvalue weighted by molar-refractivity contribution is 7.81. The van der Waals surface area contributed by atoms with Crippen LogP contribution in [0, 0.1) is 0 Å². The number of thiol groups is 1. The third kappa shape index (κ3) is 2.39. The molecule has 0 bridgehead atoms. The molecule has 3 N–H and O–H groups in total. The van der Waals surface area contributed by atoms with Crippen LogP contribution in [-0.4, -0.2) is 42.1 Å². The molecule has 0 saturated carbocycles. The van der Waals surface area contributed by atoms with Crippen LogP contribution in [0.2, 0.25) is 0 Å². The molecule has 112 valence electrons. The quantitative estimate of drug-likeness (QED) is 0.574. The molecular weight excluding hydrogens is 290 g/mol. The second-order valence-corrected chi connectivity index (χ2v) is 5.59. The van der Waals surface area contributed by atoms with Crippen molar-refractivity contribution in [2.24, 2.45) is 0 Å². The molecule has 0 aromatic carbocycles. The summed E-state index contributed by atoms with van der Waals surface area (Å²) in [5.41, 5.74) is 6.87.